The SMILES string of the molecule is C[C@H]1CC(=O)[C@@H](CC(=O)OCC(=O)NC23CC4CC(CC(C4)C2)C3)[C@@H]1C[N+](=O)[O-]. The second-order valence-electron chi connectivity index (χ2n) is 10.0. The number of ketones is 1. The Bertz CT molecular complexity index is 685. The minimum absolute atomic E-state index is 0.120. The summed E-state index contributed by atoms with van der Waals surface area (Å²) in [6.45, 7) is 1.13. The van der Waals surface area contributed by atoms with Crippen molar-refractivity contribution in [3.63, 3.8) is 0 Å². The first-order chi connectivity index (χ1) is 13.7. The minimum Gasteiger partial charge on any atom is -0.456 e. The van der Waals surface area contributed by atoms with Crippen molar-refractivity contribution in [2.45, 2.75) is 63.8 Å². The van der Waals surface area contributed by atoms with Crippen LogP contribution < -0.4 is 5.32 Å². The Kier molecular flexibility index (Phi) is 5.38. The first-order valence-corrected chi connectivity index (χ1v) is 10.8. The minimum atomic E-state index is -0.686. The van der Waals surface area contributed by atoms with Gasteiger partial charge < -0.3 is 10.1 Å². The molecular weight excluding hydrogens is 376 g/mol. The topological polar surface area (TPSA) is 116 Å². The molecule has 3 atom stereocenters. The van der Waals surface area contributed by atoms with E-state index in [-0.39, 0.29) is 49.1 Å². The van der Waals surface area contributed by atoms with E-state index < -0.39 is 22.7 Å². The van der Waals surface area contributed by atoms with Crippen LogP contribution in [0.2, 0.25) is 0 Å². The summed E-state index contributed by atoms with van der Waals surface area (Å²) >= 11 is 0. The maximum Gasteiger partial charge on any atom is 0.307 e. The van der Waals surface area contributed by atoms with Gasteiger partial charge in [-0.1, -0.05) is 6.92 Å². The lowest BCUT2D eigenvalue weighted by Crippen LogP contribution is -2.60. The number of nitrogens with one attached hydrogen (secondary N) is 1. The number of nitrogens with zero attached hydrogens (tertiary/aromatic N) is 1. The molecule has 0 aromatic heterocycles. The standard InChI is InChI=1S/C21H30N2O6/c1-12-2-18(24)16(17(12)10-23(27)28)6-20(26)29-11-19(25)22-21-7-13-3-14(8-21)5-15(4-13)9-21/h12-17H,2-11H2,1H3,(H,22,25)/t12-,13?,14?,15?,16-,17+,21?/m0/s1. The van der Waals surface area contributed by atoms with Crippen LogP contribution >= 0.6 is 0 Å². The molecule has 5 aliphatic carbocycles. The van der Waals surface area contributed by atoms with Crippen molar-refractivity contribution < 1.29 is 24.0 Å². The van der Waals surface area contributed by atoms with E-state index >= 15 is 0 Å². The van der Waals surface area contributed by atoms with Crippen LogP contribution in [0.1, 0.15) is 58.3 Å². The van der Waals surface area contributed by atoms with Gasteiger partial charge in [0.2, 0.25) is 6.54 Å². The predicted octanol–water partition coefficient (Wildman–Crippen LogP) is 2.12. The Balaban J connectivity index is 1.27. The molecule has 0 aromatic carbocycles. The van der Waals surface area contributed by atoms with E-state index in [4.69, 9.17) is 4.74 Å². The summed E-state index contributed by atoms with van der Waals surface area (Å²) in [7, 11) is 0. The molecule has 4 bridgehead atoms. The van der Waals surface area contributed by atoms with Gasteiger partial charge in [0.15, 0.2) is 6.61 Å². The maximum atomic E-state index is 12.5. The molecule has 160 valence electrons. The number of carbonyl (C=O) groups excluding carboxylic acids is 3. The van der Waals surface area contributed by atoms with Gasteiger partial charge in [-0.2, -0.15) is 0 Å². The molecule has 5 aliphatic rings. The number of esters is 1. The van der Waals surface area contributed by atoms with Crippen LogP contribution in [0.4, 0.5) is 0 Å². The van der Waals surface area contributed by atoms with Crippen LogP contribution in [0.5, 0.6) is 0 Å². The molecule has 5 rings (SSSR count). The third-order valence-electron chi connectivity index (χ3n) is 7.74. The quantitative estimate of drug-likeness (QED) is 0.393. The summed E-state index contributed by atoms with van der Waals surface area (Å²) < 4.78 is 5.14. The van der Waals surface area contributed by atoms with Gasteiger partial charge in [0.25, 0.3) is 5.91 Å². The molecule has 1 N–H and O–H groups in total. The maximum absolute atomic E-state index is 12.5. The van der Waals surface area contributed by atoms with Crippen LogP contribution in [0.3, 0.4) is 0 Å². The molecule has 0 radical (unpaired) electrons. The predicted molar refractivity (Wildman–Crippen MR) is 102 cm³/mol. The normalized spacial score (nSPS) is 40.1. The number of rotatable bonds is 7. The molecule has 0 heterocycles. The van der Waals surface area contributed by atoms with Crippen molar-refractivity contribution in [3.8, 4) is 0 Å². The lowest BCUT2D eigenvalue weighted by Gasteiger charge is -2.56. The van der Waals surface area contributed by atoms with E-state index in [0.29, 0.717) is 17.8 Å². The second-order valence-corrected chi connectivity index (χ2v) is 10.0. The van der Waals surface area contributed by atoms with Crippen molar-refractivity contribution in [1.82, 2.24) is 5.32 Å². The summed E-state index contributed by atoms with van der Waals surface area (Å²) in [6.07, 6.45) is 6.98. The van der Waals surface area contributed by atoms with E-state index in [0.717, 1.165) is 19.3 Å². The van der Waals surface area contributed by atoms with Gasteiger partial charge in [-0.3, -0.25) is 24.5 Å². The molecule has 0 saturated heterocycles. The summed E-state index contributed by atoms with van der Waals surface area (Å²) in [5.41, 5.74) is -0.133. The zero-order valence-electron chi connectivity index (χ0n) is 16.9. The molecular formula is C21H30N2O6. The van der Waals surface area contributed by atoms with Crippen molar-refractivity contribution in [3.05, 3.63) is 10.1 Å². The van der Waals surface area contributed by atoms with Gasteiger partial charge in [-0.25, -0.2) is 0 Å². The number of hydrogen-bond acceptors (Lipinski definition) is 6. The Morgan fingerprint density at radius 1 is 1.17 bits per heavy atom. The highest BCUT2D eigenvalue weighted by molar-refractivity contribution is 5.88. The molecule has 8 heteroatoms. The third-order valence-corrected chi connectivity index (χ3v) is 7.74. The fourth-order valence-corrected chi connectivity index (χ4v) is 6.98. The van der Waals surface area contributed by atoms with Gasteiger partial charge in [-0.15, -0.1) is 0 Å². The Morgan fingerprint density at radius 2 is 1.76 bits per heavy atom. The van der Waals surface area contributed by atoms with E-state index in [1.165, 1.54) is 19.3 Å². The highest BCUT2D eigenvalue weighted by Gasteiger charge is 2.51. The van der Waals surface area contributed by atoms with Crippen molar-refractivity contribution >= 4 is 17.7 Å². The van der Waals surface area contributed by atoms with Crippen molar-refractivity contribution in [1.29, 1.82) is 0 Å². The van der Waals surface area contributed by atoms with E-state index in [1.54, 1.807) is 6.92 Å². The lowest BCUT2D eigenvalue weighted by molar-refractivity contribution is -0.490. The highest BCUT2D eigenvalue weighted by Crippen LogP contribution is 2.55. The van der Waals surface area contributed by atoms with E-state index in [9.17, 15) is 24.5 Å². The fraction of sp³-hybridized carbons (Fsp3) is 0.857. The summed E-state index contributed by atoms with van der Waals surface area (Å²) in [6, 6.07) is 0. The number of nitro groups is 1. The van der Waals surface area contributed by atoms with Crippen molar-refractivity contribution in [2.75, 3.05) is 13.2 Å². The van der Waals surface area contributed by atoms with Crippen molar-refractivity contribution in [2.24, 2.45) is 35.5 Å². The zero-order chi connectivity index (χ0) is 20.8. The Morgan fingerprint density at radius 3 is 2.31 bits per heavy atom. The largest absolute Gasteiger partial charge is 0.456 e. The zero-order valence-corrected chi connectivity index (χ0v) is 16.9. The number of carbonyl (C=O) groups is 3. The highest BCUT2D eigenvalue weighted by atomic mass is 16.6. The lowest BCUT2D eigenvalue weighted by atomic mass is 9.53. The van der Waals surface area contributed by atoms with Crippen LogP contribution in [-0.4, -0.2) is 41.3 Å². The summed E-state index contributed by atoms with van der Waals surface area (Å²) in [5.74, 6) is -0.182. The molecule has 5 saturated carbocycles. The molecule has 0 spiro atoms. The van der Waals surface area contributed by atoms with Crippen LogP contribution in [0.25, 0.3) is 0 Å². The molecule has 0 aliphatic heterocycles. The molecule has 0 aromatic rings. The number of ether oxygens (including phenoxy) is 1. The first-order valence-electron chi connectivity index (χ1n) is 10.8. The Hall–Kier alpha value is -1.99. The van der Waals surface area contributed by atoms with Gasteiger partial charge in [-0.05, 0) is 62.2 Å². The van der Waals surface area contributed by atoms with E-state index in [1.807, 2.05) is 0 Å². The second kappa shape index (κ2) is 7.69. The molecule has 5 fully saturated rings. The van der Waals surface area contributed by atoms with Gasteiger partial charge in [0.05, 0.1) is 6.42 Å². The smallest absolute Gasteiger partial charge is 0.307 e. The molecule has 8 nitrogen and oxygen atoms in total. The first kappa shape index (κ1) is 20.3. The number of Topliss-reactive ketones (excluding diaryl/α,β-unsaturated/α-hetero) is 1. The Labute approximate surface area is 170 Å². The monoisotopic (exact) mass is 406 g/mol. The van der Waals surface area contributed by atoms with Gasteiger partial charge in [0.1, 0.15) is 5.78 Å². The third kappa shape index (κ3) is 4.31. The molecule has 29 heavy (non-hydrogen) atoms. The van der Waals surface area contributed by atoms with Crippen LogP contribution in [0.15, 0.2) is 0 Å². The number of hydrogen-bond donors (Lipinski definition) is 1. The molecule has 1 amide bonds. The number of amides is 1. The van der Waals surface area contributed by atoms with Crippen LogP contribution in [0, 0.1) is 45.6 Å². The van der Waals surface area contributed by atoms with E-state index in [2.05, 4.69) is 5.32 Å². The fourth-order valence-electron chi connectivity index (χ4n) is 6.98. The van der Waals surface area contributed by atoms with Gasteiger partial charge >= 0.3 is 5.97 Å². The van der Waals surface area contributed by atoms with Gasteiger partial charge in [0, 0.05) is 28.7 Å². The summed E-state index contributed by atoms with van der Waals surface area (Å²) in [4.78, 5) is 47.3. The summed E-state index contributed by atoms with van der Waals surface area (Å²) in [5, 5.41) is 14.0. The average Bonchev–Trinajstić information content (AvgIpc) is 2.85. The molecule has 0 unspecified atom stereocenters. The average molecular weight is 406 g/mol. The van der Waals surface area contributed by atoms with Crippen LogP contribution in [-0.2, 0) is 19.1 Å².